The van der Waals surface area contributed by atoms with Crippen molar-refractivity contribution >= 4 is 23.5 Å². The summed E-state index contributed by atoms with van der Waals surface area (Å²) in [5.41, 5.74) is 0. The Morgan fingerprint density at radius 3 is 1.04 bits per heavy atom. The van der Waals surface area contributed by atoms with Crippen molar-refractivity contribution in [1.82, 2.24) is 0 Å². The summed E-state index contributed by atoms with van der Waals surface area (Å²) in [7, 11) is 0. The summed E-state index contributed by atoms with van der Waals surface area (Å²) in [4.78, 5) is 0. The summed E-state index contributed by atoms with van der Waals surface area (Å²) in [6.45, 7) is 9.49. The fraction of sp³-hybridized carbons (Fsp3) is 1.00. The predicted octanol–water partition coefficient (Wildman–Crippen LogP) is 10.3. The molecule has 0 radical (unpaired) electrons. The monoisotopic (exact) mass is 430 g/mol. The van der Waals surface area contributed by atoms with Gasteiger partial charge < -0.3 is 0 Å². The van der Waals surface area contributed by atoms with Crippen molar-refractivity contribution in [1.29, 1.82) is 0 Å². The molecule has 0 saturated heterocycles. The molecule has 0 aliphatic heterocycles. The molecule has 2 atom stereocenters. The van der Waals surface area contributed by atoms with Crippen molar-refractivity contribution in [2.24, 2.45) is 0 Å². The molecule has 0 fully saturated rings. The van der Waals surface area contributed by atoms with Crippen LogP contribution in [0.1, 0.15) is 143 Å². The van der Waals surface area contributed by atoms with E-state index in [0.717, 1.165) is 10.5 Å². The SMILES string of the molecule is CCCCCCCCCCC(C)SCCSC(C)CCCCCCCCCC. The molecule has 0 nitrogen and oxygen atoms in total. The lowest BCUT2D eigenvalue weighted by Crippen LogP contribution is -2.02. The minimum Gasteiger partial charge on any atom is -0.158 e. The molecule has 0 rings (SSSR count). The van der Waals surface area contributed by atoms with Crippen LogP contribution < -0.4 is 0 Å². The standard InChI is InChI=1S/C26H54S2/c1-5-7-9-11-13-15-17-19-21-25(3)27-23-24-28-26(4)22-20-18-16-14-12-10-8-6-2/h25-26H,5-24H2,1-4H3. The highest BCUT2D eigenvalue weighted by molar-refractivity contribution is 8.03. The first-order chi connectivity index (χ1) is 13.7. The van der Waals surface area contributed by atoms with E-state index in [1.807, 2.05) is 0 Å². The van der Waals surface area contributed by atoms with Crippen LogP contribution in [0.15, 0.2) is 0 Å². The van der Waals surface area contributed by atoms with Gasteiger partial charge in [-0.15, -0.1) is 0 Å². The van der Waals surface area contributed by atoms with Gasteiger partial charge in [-0.1, -0.05) is 130 Å². The zero-order valence-corrected chi connectivity index (χ0v) is 21.7. The highest BCUT2D eigenvalue weighted by atomic mass is 32.2. The predicted molar refractivity (Wildman–Crippen MR) is 138 cm³/mol. The molecule has 0 aromatic carbocycles. The van der Waals surface area contributed by atoms with Gasteiger partial charge in [-0.2, -0.15) is 23.5 Å². The Hall–Kier alpha value is 0.700. The number of rotatable bonds is 23. The van der Waals surface area contributed by atoms with Crippen LogP contribution in [-0.2, 0) is 0 Å². The lowest BCUT2D eigenvalue weighted by Gasteiger charge is -2.13. The third kappa shape index (κ3) is 23.0. The van der Waals surface area contributed by atoms with E-state index in [9.17, 15) is 0 Å². The lowest BCUT2D eigenvalue weighted by atomic mass is 10.1. The average molecular weight is 431 g/mol. The van der Waals surface area contributed by atoms with Gasteiger partial charge in [0.05, 0.1) is 0 Å². The lowest BCUT2D eigenvalue weighted by molar-refractivity contribution is 0.564. The molecule has 0 amide bonds. The molecular weight excluding hydrogens is 376 g/mol. The number of unbranched alkanes of at least 4 members (excludes halogenated alkanes) is 14. The van der Waals surface area contributed by atoms with Gasteiger partial charge in [0.15, 0.2) is 0 Å². The topological polar surface area (TPSA) is 0 Å². The summed E-state index contributed by atoms with van der Waals surface area (Å²) < 4.78 is 0. The molecule has 28 heavy (non-hydrogen) atoms. The fourth-order valence-electron chi connectivity index (χ4n) is 3.80. The Labute approximate surface area is 188 Å². The van der Waals surface area contributed by atoms with E-state index < -0.39 is 0 Å². The highest BCUT2D eigenvalue weighted by Crippen LogP contribution is 2.23. The summed E-state index contributed by atoms with van der Waals surface area (Å²) in [6, 6.07) is 0. The Morgan fingerprint density at radius 1 is 0.429 bits per heavy atom. The van der Waals surface area contributed by atoms with Crippen molar-refractivity contribution in [3.63, 3.8) is 0 Å². The van der Waals surface area contributed by atoms with Crippen LogP contribution in [0.2, 0.25) is 0 Å². The number of hydrogen-bond acceptors (Lipinski definition) is 2. The van der Waals surface area contributed by atoms with Crippen molar-refractivity contribution < 1.29 is 0 Å². The second-order valence-electron chi connectivity index (χ2n) is 8.89. The quantitative estimate of drug-likeness (QED) is 0.148. The van der Waals surface area contributed by atoms with Crippen LogP contribution >= 0.6 is 23.5 Å². The Bertz CT molecular complexity index is 252. The maximum Gasteiger partial charge on any atom is 0.00263 e. The fourth-order valence-corrected chi connectivity index (χ4v) is 6.04. The molecule has 2 heteroatoms. The van der Waals surface area contributed by atoms with E-state index in [1.165, 1.54) is 127 Å². The van der Waals surface area contributed by atoms with Gasteiger partial charge >= 0.3 is 0 Å². The molecule has 0 N–H and O–H groups in total. The van der Waals surface area contributed by atoms with Crippen LogP contribution in [0.4, 0.5) is 0 Å². The molecule has 0 bridgehead atoms. The first-order valence-electron chi connectivity index (χ1n) is 12.9. The molecule has 2 unspecified atom stereocenters. The average Bonchev–Trinajstić information content (AvgIpc) is 2.69. The molecule has 0 spiro atoms. The van der Waals surface area contributed by atoms with E-state index in [-0.39, 0.29) is 0 Å². The second kappa shape index (κ2) is 24.0. The van der Waals surface area contributed by atoms with Gasteiger partial charge in [0.25, 0.3) is 0 Å². The van der Waals surface area contributed by atoms with Crippen molar-refractivity contribution in [2.45, 2.75) is 154 Å². The van der Waals surface area contributed by atoms with Gasteiger partial charge in [0, 0.05) is 22.0 Å². The van der Waals surface area contributed by atoms with Crippen molar-refractivity contribution in [2.75, 3.05) is 11.5 Å². The summed E-state index contributed by atoms with van der Waals surface area (Å²) in [5, 5.41) is 1.73. The van der Waals surface area contributed by atoms with E-state index in [2.05, 4.69) is 51.2 Å². The second-order valence-corrected chi connectivity index (χ2v) is 12.0. The summed E-state index contributed by atoms with van der Waals surface area (Å²) >= 11 is 4.43. The molecule has 0 aliphatic rings. The molecule has 0 aliphatic carbocycles. The third-order valence-electron chi connectivity index (χ3n) is 5.82. The molecule has 0 heterocycles. The van der Waals surface area contributed by atoms with Crippen LogP contribution in [-0.4, -0.2) is 22.0 Å². The normalized spacial score (nSPS) is 13.7. The minimum atomic E-state index is 0.865. The van der Waals surface area contributed by atoms with Gasteiger partial charge in [0.1, 0.15) is 0 Å². The Balaban J connectivity index is 3.28. The number of thioether (sulfide) groups is 2. The molecule has 0 saturated carbocycles. The van der Waals surface area contributed by atoms with Gasteiger partial charge in [0.2, 0.25) is 0 Å². The molecule has 0 aromatic heterocycles. The van der Waals surface area contributed by atoms with Gasteiger partial charge in [-0.25, -0.2) is 0 Å². The zero-order valence-electron chi connectivity index (χ0n) is 20.1. The third-order valence-corrected chi connectivity index (χ3v) is 8.56. The van der Waals surface area contributed by atoms with Crippen LogP contribution in [0.3, 0.4) is 0 Å². The van der Waals surface area contributed by atoms with E-state index in [0.29, 0.717) is 0 Å². The molecule has 170 valence electrons. The largest absolute Gasteiger partial charge is 0.158 e. The van der Waals surface area contributed by atoms with Crippen LogP contribution in [0.25, 0.3) is 0 Å². The van der Waals surface area contributed by atoms with E-state index >= 15 is 0 Å². The highest BCUT2D eigenvalue weighted by Gasteiger charge is 2.05. The summed E-state index contributed by atoms with van der Waals surface area (Å²) in [6.07, 6.45) is 26.0. The van der Waals surface area contributed by atoms with Crippen LogP contribution in [0.5, 0.6) is 0 Å². The van der Waals surface area contributed by atoms with E-state index in [1.54, 1.807) is 0 Å². The minimum absolute atomic E-state index is 0.865. The zero-order chi connectivity index (χ0) is 20.7. The Morgan fingerprint density at radius 2 is 0.714 bits per heavy atom. The number of hydrogen-bond donors (Lipinski definition) is 0. The molecular formula is C26H54S2. The smallest absolute Gasteiger partial charge is 0.00263 e. The van der Waals surface area contributed by atoms with Crippen molar-refractivity contribution in [3.8, 4) is 0 Å². The van der Waals surface area contributed by atoms with E-state index in [4.69, 9.17) is 0 Å². The first kappa shape index (κ1) is 28.7. The summed E-state index contributed by atoms with van der Waals surface area (Å²) in [5.74, 6) is 2.70. The van der Waals surface area contributed by atoms with Crippen molar-refractivity contribution in [3.05, 3.63) is 0 Å². The van der Waals surface area contributed by atoms with Crippen LogP contribution in [0, 0.1) is 0 Å². The molecule has 0 aromatic rings. The Kier molecular flexibility index (Phi) is 24.6. The first-order valence-corrected chi connectivity index (χ1v) is 15.0. The van der Waals surface area contributed by atoms with Gasteiger partial charge in [-0.05, 0) is 12.8 Å². The maximum absolute atomic E-state index is 2.44. The van der Waals surface area contributed by atoms with Gasteiger partial charge in [-0.3, -0.25) is 0 Å². The maximum atomic E-state index is 2.44.